The quantitative estimate of drug-likeness (QED) is 0.756. The van der Waals surface area contributed by atoms with Gasteiger partial charge in [-0.1, -0.05) is 30.7 Å². The summed E-state index contributed by atoms with van der Waals surface area (Å²) in [4.78, 5) is 23.9. The smallest absolute Gasteiger partial charge is 0.252 e. The highest BCUT2D eigenvalue weighted by Crippen LogP contribution is 2.21. The molecule has 2 aromatic carbocycles. The molecule has 0 aromatic heterocycles. The van der Waals surface area contributed by atoms with Gasteiger partial charge in [0.1, 0.15) is 5.82 Å². The first kappa shape index (κ1) is 18.7. The minimum absolute atomic E-state index is 0.249. The monoisotopic (exact) mass is 360 g/mol. The Bertz CT molecular complexity index is 789. The van der Waals surface area contributed by atoms with E-state index >= 15 is 0 Å². The third-order valence-corrected chi connectivity index (χ3v) is 3.63. The summed E-state index contributed by atoms with van der Waals surface area (Å²) < 4.78 is 12.8. The Kier molecular flexibility index (Phi) is 6.71. The molecule has 2 aromatic rings. The first-order valence-electron chi connectivity index (χ1n) is 7.82. The second-order valence-electron chi connectivity index (χ2n) is 5.32. The number of carbonyl (C=O) groups is 2. The van der Waals surface area contributed by atoms with Crippen LogP contribution in [0.1, 0.15) is 29.3 Å². The molecule has 0 aliphatic carbocycles. The minimum atomic E-state index is -0.358. The molecule has 130 valence electrons. The summed E-state index contributed by atoms with van der Waals surface area (Å²) in [5.74, 6) is -0.941. The highest BCUT2D eigenvalue weighted by Gasteiger charge is 2.10. The van der Waals surface area contributed by atoms with E-state index in [0.717, 1.165) is 6.42 Å². The highest BCUT2D eigenvalue weighted by molar-refractivity contribution is 6.34. The third-order valence-electron chi connectivity index (χ3n) is 3.31. The van der Waals surface area contributed by atoms with E-state index in [2.05, 4.69) is 10.6 Å². The maximum Gasteiger partial charge on any atom is 0.252 e. The lowest BCUT2D eigenvalue weighted by atomic mass is 10.2. The molecule has 0 aliphatic rings. The zero-order valence-corrected chi connectivity index (χ0v) is 14.4. The predicted molar refractivity (Wildman–Crippen MR) is 98.1 cm³/mol. The Hall–Kier alpha value is -2.66. The molecule has 4 nitrogen and oxygen atoms in total. The number of hydrogen-bond donors (Lipinski definition) is 2. The first-order chi connectivity index (χ1) is 12.0. The van der Waals surface area contributed by atoms with Crippen LogP contribution in [0, 0.1) is 5.82 Å². The maximum atomic E-state index is 12.8. The summed E-state index contributed by atoms with van der Waals surface area (Å²) in [7, 11) is 0. The summed E-state index contributed by atoms with van der Waals surface area (Å²) in [6, 6.07) is 10.5. The van der Waals surface area contributed by atoms with E-state index in [1.165, 1.54) is 24.3 Å². The lowest BCUT2D eigenvalue weighted by Crippen LogP contribution is -2.24. The van der Waals surface area contributed by atoms with Crippen molar-refractivity contribution in [3.05, 3.63) is 70.5 Å². The van der Waals surface area contributed by atoms with Crippen molar-refractivity contribution in [3.8, 4) is 0 Å². The van der Waals surface area contributed by atoms with Gasteiger partial charge in [0, 0.05) is 18.3 Å². The predicted octanol–water partition coefficient (Wildman–Crippen LogP) is 4.27. The molecule has 2 N–H and O–H groups in total. The van der Waals surface area contributed by atoms with Gasteiger partial charge in [-0.15, -0.1) is 0 Å². The molecule has 0 saturated carbocycles. The minimum Gasteiger partial charge on any atom is -0.352 e. The lowest BCUT2D eigenvalue weighted by Gasteiger charge is -2.08. The SMILES string of the molecule is CCCNC(=O)c1ccc(NC(=O)/C=C/c2ccc(F)cc2)cc1Cl. The van der Waals surface area contributed by atoms with Crippen LogP contribution in [0.5, 0.6) is 0 Å². The summed E-state index contributed by atoms with van der Waals surface area (Å²) >= 11 is 6.11. The van der Waals surface area contributed by atoms with Gasteiger partial charge in [-0.2, -0.15) is 0 Å². The molecule has 0 fully saturated rings. The van der Waals surface area contributed by atoms with Crippen molar-refractivity contribution in [2.24, 2.45) is 0 Å². The second-order valence-corrected chi connectivity index (χ2v) is 5.73. The summed E-state index contributed by atoms with van der Waals surface area (Å²) in [6.45, 7) is 2.53. The largest absolute Gasteiger partial charge is 0.352 e. The normalized spacial score (nSPS) is 10.7. The van der Waals surface area contributed by atoms with E-state index < -0.39 is 0 Å². The van der Waals surface area contributed by atoms with E-state index in [4.69, 9.17) is 11.6 Å². The van der Waals surface area contributed by atoms with Crippen molar-refractivity contribution >= 4 is 35.2 Å². The van der Waals surface area contributed by atoms with E-state index in [9.17, 15) is 14.0 Å². The standard InChI is InChI=1S/C19H18ClFN2O2/c1-2-11-22-19(25)16-9-8-15(12-17(16)20)23-18(24)10-5-13-3-6-14(21)7-4-13/h3-10,12H,2,11H2,1H3,(H,22,25)(H,23,24)/b10-5+. The van der Waals surface area contributed by atoms with Crippen LogP contribution in [0.25, 0.3) is 6.08 Å². The van der Waals surface area contributed by atoms with Crippen molar-refractivity contribution in [1.82, 2.24) is 5.32 Å². The van der Waals surface area contributed by atoms with Crippen molar-refractivity contribution in [2.75, 3.05) is 11.9 Å². The zero-order chi connectivity index (χ0) is 18.2. The molecule has 0 unspecified atom stereocenters. The van der Waals surface area contributed by atoms with Crippen LogP contribution in [-0.4, -0.2) is 18.4 Å². The number of anilines is 1. The second kappa shape index (κ2) is 8.99. The average Bonchev–Trinajstić information content (AvgIpc) is 2.59. The van der Waals surface area contributed by atoms with Gasteiger partial charge in [0.05, 0.1) is 10.6 Å². The van der Waals surface area contributed by atoms with Gasteiger partial charge in [-0.05, 0) is 48.4 Å². The number of halogens is 2. The lowest BCUT2D eigenvalue weighted by molar-refractivity contribution is -0.111. The number of hydrogen-bond acceptors (Lipinski definition) is 2. The van der Waals surface area contributed by atoms with Crippen molar-refractivity contribution in [2.45, 2.75) is 13.3 Å². The first-order valence-corrected chi connectivity index (χ1v) is 8.19. The van der Waals surface area contributed by atoms with Crippen LogP contribution >= 0.6 is 11.6 Å². The fourth-order valence-corrected chi connectivity index (χ4v) is 2.31. The fraction of sp³-hybridized carbons (Fsp3) is 0.158. The molecule has 0 radical (unpaired) electrons. The van der Waals surface area contributed by atoms with E-state index in [1.54, 1.807) is 30.3 Å². The summed E-state index contributed by atoms with van der Waals surface area (Å²) in [5, 5.41) is 5.66. The number of carbonyl (C=O) groups excluding carboxylic acids is 2. The van der Waals surface area contributed by atoms with E-state index in [1.807, 2.05) is 6.92 Å². The molecule has 0 bridgehead atoms. The molecule has 2 amide bonds. The number of benzene rings is 2. The van der Waals surface area contributed by atoms with Crippen molar-refractivity contribution < 1.29 is 14.0 Å². The van der Waals surface area contributed by atoms with Crippen LogP contribution in [-0.2, 0) is 4.79 Å². The summed E-state index contributed by atoms with van der Waals surface area (Å²) in [5.41, 5.74) is 1.54. The average molecular weight is 361 g/mol. The van der Waals surface area contributed by atoms with Crippen LogP contribution < -0.4 is 10.6 Å². The van der Waals surface area contributed by atoms with E-state index in [0.29, 0.717) is 23.4 Å². The molecule has 25 heavy (non-hydrogen) atoms. The topological polar surface area (TPSA) is 58.2 Å². The Morgan fingerprint density at radius 2 is 1.88 bits per heavy atom. The van der Waals surface area contributed by atoms with Crippen LogP contribution in [0.15, 0.2) is 48.5 Å². The van der Waals surface area contributed by atoms with Crippen LogP contribution in [0.4, 0.5) is 10.1 Å². The third kappa shape index (κ3) is 5.72. The molecule has 0 heterocycles. The molecule has 0 spiro atoms. The van der Waals surface area contributed by atoms with Gasteiger partial charge in [-0.3, -0.25) is 9.59 Å². The number of rotatable bonds is 6. The van der Waals surface area contributed by atoms with Gasteiger partial charge in [0.25, 0.3) is 5.91 Å². The van der Waals surface area contributed by atoms with Gasteiger partial charge >= 0.3 is 0 Å². The molecular formula is C19H18ClFN2O2. The Balaban J connectivity index is 2.00. The van der Waals surface area contributed by atoms with Crippen molar-refractivity contribution in [3.63, 3.8) is 0 Å². The Morgan fingerprint density at radius 3 is 2.52 bits per heavy atom. The maximum absolute atomic E-state index is 12.8. The van der Waals surface area contributed by atoms with Crippen molar-refractivity contribution in [1.29, 1.82) is 0 Å². The molecule has 0 aliphatic heterocycles. The van der Waals surface area contributed by atoms with E-state index in [-0.39, 0.29) is 22.7 Å². The molecular weight excluding hydrogens is 343 g/mol. The number of nitrogens with one attached hydrogen (secondary N) is 2. The number of amides is 2. The van der Waals surface area contributed by atoms with Gasteiger partial charge in [0.15, 0.2) is 0 Å². The zero-order valence-electron chi connectivity index (χ0n) is 13.7. The molecule has 0 atom stereocenters. The molecule has 2 rings (SSSR count). The van der Waals surface area contributed by atoms with Crippen LogP contribution in [0.3, 0.4) is 0 Å². The fourth-order valence-electron chi connectivity index (χ4n) is 2.04. The molecule has 6 heteroatoms. The van der Waals surface area contributed by atoms with Gasteiger partial charge in [0.2, 0.25) is 5.91 Å². The van der Waals surface area contributed by atoms with Gasteiger partial charge < -0.3 is 10.6 Å². The van der Waals surface area contributed by atoms with Gasteiger partial charge in [-0.25, -0.2) is 4.39 Å². The summed E-state index contributed by atoms with van der Waals surface area (Å²) in [6.07, 6.45) is 3.74. The molecule has 0 saturated heterocycles. The highest BCUT2D eigenvalue weighted by atomic mass is 35.5. The Morgan fingerprint density at radius 1 is 1.16 bits per heavy atom. The van der Waals surface area contributed by atoms with Crippen LogP contribution in [0.2, 0.25) is 5.02 Å². The Labute approximate surface area is 150 Å².